The first-order valence-corrected chi connectivity index (χ1v) is 10.3. The number of aliphatic hydroxyl groups excluding tert-OH is 1. The average Bonchev–Trinajstić information content (AvgIpc) is 2.95. The summed E-state index contributed by atoms with van der Waals surface area (Å²) in [5, 5.41) is 9.02. The van der Waals surface area contributed by atoms with Crippen molar-refractivity contribution in [1.29, 1.82) is 0 Å². The molecule has 2 saturated carbocycles. The van der Waals surface area contributed by atoms with Crippen LogP contribution in [0.5, 0.6) is 0 Å². The molecule has 0 bridgehead atoms. The molecule has 25 heavy (non-hydrogen) atoms. The van der Waals surface area contributed by atoms with E-state index in [1.54, 1.807) is 5.57 Å². The molecule has 4 aliphatic carbocycles. The summed E-state index contributed by atoms with van der Waals surface area (Å²) in [6, 6.07) is 0. The Bertz CT molecular complexity index is 642. The highest BCUT2D eigenvalue weighted by Crippen LogP contribution is 2.60. The van der Waals surface area contributed by atoms with E-state index in [0.29, 0.717) is 29.8 Å². The summed E-state index contributed by atoms with van der Waals surface area (Å²) in [4.78, 5) is 24.6. The van der Waals surface area contributed by atoms with Crippen molar-refractivity contribution in [3.05, 3.63) is 22.8 Å². The predicted molar refractivity (Wildman–Crippen MR) is 97.0 cm³/mol. The third-order valence-electron chi connectivity index (χ3n) is 7.46. The fraction of sp³-hybridized carbons (Fsp3) is 0.727. The Morgan fingerprint density at radius 1 is 1.00 bits per heavy atom. The Balaban J connectivity index is 1.60. The lowest BCUT2D eigenvalue weighted by atomic mass is 9.55. The lowest BCUT2D eigenvalue weighted by Gasteiger charge is -2.48. The van der Waals surface area contributed by atoms with Crippen LogP contribution < -0.4 is 0 Å². The maximum atomic E-state index is 12.9. The van der Waals surface area contributed by atoms with Crippen molar-refractivity contribution in [2.45, 2.75) is 77.0 Å². The molecule has 0 saturated heterocycles. The third-order valence-corrected chi connectivity index (χ3v) is 7.46. The first kappa shape index (κ1) is 17.2. The minimum absolute atomic E-state index is 0.0735. The van der Waals surface area contributed by atoms with Crippen LogP contribution in [0.4, 0.5) is 0 Å². The minimum Gasteiger partial charge on any atom is -0.396 e. The van der Waals surface area contributed by atoms with Crippen LogP contribution >= 0.6 is 0 Å². The number of carbonyl (C=O) groups excluding carboxylic acids is 2. The van der Waals surface area contributed by atoms with Crippen LogP contribution in [0.2, 0.25) is 0 Å². The minimum atomic E-state index is -0.0735. The zero-order valence-electron chi connectivity index (χ0n) is 15.2. The molecule has 0 heterocycles. The van der Waals surface area contributed by atoms with Gasteiger partial charge in [0.15, 0.2) is 5.78 Å². The lowest BCUT2D eigenvalue weighted by Crippen LogP contribution is -2.42. The molecule has 4 aliphatic rings. The molecule has 1 N–H and O–H groups in total. The molecule has 136 valence electrons. The van der Waals surface area contributed by atoms with Crippen molar-refractivity contribution in [3.63, 3.8) is 0 Å². The summed E-state index contributed by atoms with van der Waals surface area (Å²) < 4.78 is 0. The number of aliphatic hydroxyl groups is 1. The van der Waals surface area contributed by atoms with Crippen molar-refractivity contribution >= 4 is 11.6 Å². The molecule has 3 heteroatoms. The van der Waals surface area contributed by atoms with E-state index >= 15 is 0 Å². The van der Waals surface area contributed by atoms with Crippen LogP contribution in [0.15, 0.2) is 22.8 Å². The van der Waals surface area contributed by atoms with Gasteiger partial charge in [0.25, 0.3) is 0 Å². The van der Waals surface area contributed by atoms with Crippen molar-refractivity contribution < 1.29 is 14.7 Å². The topological polar surface area (TPSA) is 54.4 Å². The highest BCUT2D eigenvalue weighted by Gasteiger charge is 2.55. The van der Waals surface area contributed by atoms with E-state index in [9.17, 15) is 9.59 Å². The molecule has 3 atom stereocenters. The quantitative estimate of drug-likeness (QED) is 0.758. The van der Waals surface area contributed by atoms with Gasteiger partial charge in [0, 0.05) is 24.9 Å². The van der Waals surface area contributed by atoms with Crippen molar-refractivity contribution in [2.24, 2.45) is 17.3 Å². The predicted octanol–water partition coefficient (Wildman–Crippen LogP) is 4.29. The molecule has 0 spiro atoms. The first-order chi connectivity index (χ1) is 12.2. The Kier molecular flexibility index (Phi) is 4.70. The van der Waals surface area contributed by atoms with Crippen LogP contribution in [0.25, 0.3) is 0 Å². The van der Waals surface area contributed by atoms with Gasteiger partial charge in [-0.05, 0) is 80.4 Å². The molecule has 0 aromatic carbocycles. The Morgan fingerprint density at radius 3 is 2.72 bits per heavy atom. The number of unbranched alkanes of at least 4 members (excludes halogenated alkanes) is 2. The molecule has 0 aliphatic heterocycles. The van der Waals surface area contributed by atoms with Crippen LogP contribution in [0.3, 0.4) is 0 Å². The van der Waals surface area contributed by atoms with E-state index in [1.807, 2.05) is 6.08 Å². The van der Waals surface area contributed by atoms with Gasteiger partial charge in [0.2, 0.25) is 0 Å². The molecule has 4 rings (SSSR count). The monoisotopic (exact) mass is 342 g/mol. The van der Waals surface area contributed by atoms with Crippen LogP contribution in [0, 0.1) is 17.3 Å². The van der Waals surface area contributed by atoms with Gasteiger partial charge in [-0.2, -0.15) is 0 Å². The lowest BCUT2D eigenvalue weighted by molar-refractivity contribution is -0.129. The van der Waals surface area contributed by atoms with Gasteiger partial charge in [-0.1, -0.05) is 18.4 Å². The number of allylic oxidation sites excluding steroid dienone is 4. The molecule has 0 radical (unpaired) electrons. The van der Waals surface area contributed by atoms with E-state index in [4.69, 9.17) is 5.11 Å². The van der Waals surface area contributed by atoms with Crippen LogP contribution in [0.1, 0.15) is 77.0 Å². The second-order valence-electron chi connectivity index (χ2n) is 8.54. The zero-order valence-corrected chi connectivity index (χ0v) is 15.2. The largest absolute Gasteiger partial charge is 0.396 e. The summed E-state index contributed by atoms with van der Waals surface area (Å²) in [6.07, 6.45) is 13.6. The summed E-state index contributed by atoms with van der Waals surface area (Å²) in [5.41, 5.74) is 4.33. The molecular formula is C22H30O3. The summed E-state index contributed by atoms with van der Waals surface area (Å²) in [5.74, 6) is 1.93. The van der Waals surface area contributed by atoms with E-state index in [-0.39, 0.29) is 12.0 Å². The highest BCUT2D eigenvalue weighted by atomic mass is 16.2. The molecule has 0 amide bonds. The third kappa shape index (κ3) is 2.85. The van der Waals surface area contributed by atoms with Gasteiger partial charge >= 0.3 is 0 Å². The van der Waals surface area contributed by atoms with Gasteiger partial charge in [-0.3, -0.25) is 9.59 Å². The van der Waals surface area contributed by atoms with Gasteiger partial charge in [0.05, 0.1) is 0 Å². The van der Waals surface area contributed by atoms with E-state index in [1.165, 1.54) is 11.1 Å². The maximum Gasteiger partial charge on any atom is 0.156 e. The van der Waals surface area contributed by atoms with E-state index in [2.05, 4.69) is 0 Å². The first-order valence-electron chi connectivity index (χ1n) is 10.3. The van der Waals surface area contributed by atoms with E-state index in [0.717, 1.165) is 70.6 Å². The number of ketones is 2. The number of hydrogen-bond acceptors (Lipinski definition) is 3. The molecule has 3 nitrogen and oxygen atoms in total. The summed E-state index contributed by atoms with van der Waals surface area (Å²) in [7, 11) is 0. The highest BCUT2D eigenvalue weighted by molar-refractivity contribution is 5.93. The number of fused-ring (bicyclic) bond motifs is 4. The summed E-state index contributed by atoms with van der Waals surface area (Å²) >= 11 is 0. The van der Waals surface area contributed by atoms with Crippen LogP contribution in [-0.4, -0.2) is 23.3 Å². The average molecular weight is 342 g/mol. The fourth-order valence-corrected chi connectivity index (χ4v) is 6.31. The number of carbonyl (C=O) groups is 2. The Morgan fingerprint density at radius 2 is 1.88 bits per heavy atom. The SMILES string of the molecule is O=C1C=C2CC[C@@H]3C(=C2CC1)CC[C@]1(CCCCCO)C(=O)CC[C@@H]31. The van der Waals surface area contributed by atoms with Crippen LogP contribution in [-0.2, 0) is 9.59 Å². The number of rotatable bonds is 5. The standard InChI is InChI=1S/C22H30O3/c23-13-3-1-2-11-22-12-10-18-17-7-5-16(24)14-15(17)4-6-19(18)20(22)8-9-21(22)25/h14,19-20,23H,1-13H2/t19-,20+,22+/m1/s1. The van der Waals surface area contributed by atoms with Gasteiger partial charge in [-0.25, -0.2) is 0 Å². The number of hydrogen-bond donors (Lipinski definition) is 1. The molecule has 0 aromatic heterocycles. The number of Topliss-reactive ketones (excluding diaryl/α,β-unsaturated/α-hetero) is 1. The molecule has 0 aromatic rings. The zero-order chi connectivity index (χ0) is 17.4. The smallest absolute Gasteiger partial charge is 0.156 e. The second kappa shape index (κ2) is 6.83. The Hall–Kier alpha value is -1.22. The van der Waals surface area contributed by atoms with Crippen molar-refractivity contribution in [2.75, 3.05) is 6.61 Å². The normalized spacial score (nSPS) is 34.5. The molecular weight excluding hydrogens is 312 g/mol. The summed E-state index contributed by atoms with van der Waals surface area (Å²) in [6.45, 7) is 0.261. The van der Waals surface area contributed by atoms with Gasteiger partial charge < -0.3 is 5.11 Å². The van der Waals surface area contributed by atoms with Crippen molar-refractivity contribution in [3.8, 4) is 0 Å². The molecule has 0 unspecified atom stereocenters. The second-order valence-corrected chi connectivity index (χ2v) is 8.54. The Labute approximate surface area is 150 Å². The maximum absolute atomic E-state index is 12.9. The molecule has 2 fully saturated rings. The van der Waals surface area contributed by atoms with E-state index < -0.39 is 0 Å². The van der Waals surface area contributed by atoms with Gasteiger partial charge in [0.1, 0.15) is 5.78 Å². The van der Waals surface area contributed by atoms with Crippen molar-refractivity contribution in [1.82, 2.24) is 0 Å². The fourth-order valence-electron chi connectivity index (χ4n) is 6.31. The van der Waals surface area contributed by atoms with Gasteiger partial charge in [-0.15, -0.1) is 0 Å².